The molecule has 9 aromatic carbocycles. The maximum atomic E-state index is 13.9. The number of rotatable bonds is 24. The van der Waals surface area contributed by atoms with E-state index < -0.39 is 58.7 Å². The molecule has 0 bridgehead atoms. The molecule has 15 nitrogen and oxygen atoms in total. The number of carbonyl (C=O) groups is 3. The predicted molar refractivity (Wildman–Crippen MR) is 342 cm³/mol. The smallest absolute Gasteiger partial charge is 0.335 e. The summed E-state index contributed by atoms with van der Waals surface area (Å²) in [5.74, 6) is -3.42. The number of aromatic carboxylic acids is 3. The van der Waals surface area contributed by atoms with Gasteiger partial charge in [0.25, 0.3) is 30.1 Å². The number of anilines is 3. The van der Waals surface area contributed by atoms with Crippen LogP contribution in [0.15, 0.2) is 233 Å². The molecule has 0 aliphatic carbocycles. The van der Waals surface area contributed by atoms with E-state index >= 15 is 0 Å². The van der Waals surface area contributed by atoms with Crippen molar-refractivity contribution in [3.63, 3.8) is 0 Å². The zero-order chi connectivity index (χ0) is 63.4. The molecule has 9 rings (SSSR count). The fourth-order valence-electron chi connectivity index (χ4n) is 9.36. The van der Waals surface area contributed by atoms with E-state index in [9.17, 15) is 44.0 Å². The minimum Gasteiger partial charge on any atom is -0.478 e. The maximum Gasteiger partial charge on any atom is 0.335 e. The molecule has 0 spiro atoms. The van der Waals surface area contributed by atoms with E-state index in [-0.39, 0.29) is 26.5 Å². The van der Waals surface area contributed by atoms with Crippen molar-refractivity contribution in [3.8, 4) is 0 Å². The molecule has 0 aliphatic rings. The average molecular weight is 1250 g/mol. The zero-order valence-corrected chi connectivity index (χ0v) is 51.1. The largest absolute Gasteiger partial charge is 0.478 e. The second-order valence-corrected chi connectivity index (χ2v) is 25.9. The third-order valence-electron chi connectivity index (χ3n) is 14.1. The van der Waals surface area contributed by atoms with Crippen LogP contribution in [0.1, 0.15) is 109 Å². The molecule has 0 heterocycles. The van der Waals surface area contributed by atoms with Crippen LogP contribution < -0.4 is 14.2 Å². The van der Waals surface area contributed by atoms with Crippen molar-refractivity contribution in [1.82, 2.24) is 0 Å². The number of benzene rings is 9. The molecule has 0 amide bonds. The lowest BCUT2D eigenvalue weighted by Crippen LogP contribution is -2.15. The van der Waals surface area contributed by atoms with Crippen molar-refractivity contribution < 1.29 is 59.3 Å². The Kier molecular flexibility index (Phi) is 23.1. The standard InChI is InChI=1S/2C24H25NO4S.C21H18FNO4S/c1-17(2)19-12-14-22(15-13-19)30(28,29)25-23-9-4-3-7-20(23)11-10-18-6-5-8-21(16-18)24(26)27;1-2-6-18-12-15-22(16-13-18)30(28,29)25-23-10-4-3-8-20(23)14-11-19-7-5-9-21(17-19)24(26)27;22-18-9-2-4-11-20(18)28(26,27)23-19-10-3-1-7-16(19)13-12-15-6-5-8-17(14-15)21(24)25/h3-9,12-17,25H,10-11H2,1-2H3,(H,26,27);3-5,7-10,12-13,15-17,25H,2,6,11,14H2,1H3,(H,26,27);1-11,14,23H,12-13H2,(H,24,25). The number of aryl methyl sites for hydroxylation is 7. The Hall–Kier alpha value is -9.43. The van der Waals surface area contributed by atoms with Gasteiger partial charge in [-0.2, -0.15) is 0 Å². The van der Waals surface area contributed by atoms with Gasteiger partial charge in [-0.25, -0.2) is 44.0 Å². The van der Waals surface area contributed by atoms with Crippen molar-refractivity contribution in [2.24, 2.45) is 0 Å². The van der Waals surface area contributed by atoms with E-state index in [0.29, 0.717) is 61.5 Å². The number of sulfonamides is 3. The van der Waals surface area contributed by atoms with Crippen LogP contribution in [-0.4, -0.2) is 58.5 Å². The van der Waals surface area contributed by atoms with Crippen LogP contribution in [0.4, 0.5) is 21.5 Å². The molecule has 9 aromatic rings. The molecule has 19 heteroatoms. The van der Waals surface area contributed by atoms with E-state index in [0.717, 1.165) is 63.4 Å². The maximum absolute atomic E-state index is 13.9. The van der Waals surface area contributed by atoms with Crippen LogP contribution in [0.5, 0.6) is 0 Å². The first-order valence-electron chi connectivity index (χ1n) is 28.2. The average Bonchev–Trinajstić information content (AvgIpc) is 3.37. The molecule has 88 heavy (non-hydrogen) atoms. The van der Waals surface area contributed by atoms with E-state index in [1.165, 1.54) is 24.3 Å². The summed E-state index contributed by atoms with van der Waals surface area (Å²) < 4.78 is 98.2. The van der Waals surface area contributed by atoms with Gasteiger partial charge in [0.1, 0.15) is 10.7 Å². The first-order valence-corrected chi connectivity index (χ1v) is 32.7. The normalized spacial score (nSPS) is 11.3. The fraction of sp³-hybridized carbons (Fsp3) is 0.174. The van der Waals surface area contributed by atoms with Crippen molar-refractivity contribution in [2.75, 3.05) is 14.2 Å². The molecule has 0 radical (unpaired) electrons. The second-order valence-electron chi connectivity index (χ2n) is 20.9. The van der Waals surface area contributed by atoms with Gasteiger partial charge in [-0.3, -0.25) is 14.2 Å². The van der Waals surface area contributed by atoms with Crippen molar-refractivity contribution in [1.29, 1.82) is 0 Å². The number of halogens is 1. The van der Waals surface area contributed by atoms with Gasteiger partial charge in [0.2, 0.25) is 0 Å². The third-order valence-corrected chi connectivity index (χ3v) is 18.3. The lowest BCUT2D eigenvalue weighted by atomic mass is 10.0. The van der Waals surface area contributed by atoms with E-state index in [4.69, 9.17) is 15.3 Å². The van der Waals surface area contributed by atoms with Crippen LogP contribution in [0.2, 0.25) is 0 Å². The highest BCUT2D eigenvalue weighted by atomic mass is 32.2. The summed E-state index contributed by atoms with van der Waals surface area (Å²) in [4.78, 5) is 33.4. The van der Waals surface area contributed by atoms with Gasteiger partial charge in [0.15, 0.2) is 0 Å². The van der Waals surface area contributed by atoms with Crippen molar-refractivity contribution >= 4 is 65.0 Å². The van der Waals surface area contributed by atoms with Crippen LogP contribution in [-0.2, 0) is 75.0 Å². The Labute approximate surface area is 513 Å². The summed E-state index contributed by atoms with van der Waals surface area (Å²) in [5.41, 5.74) is 9.32. The van der Waals surface area contributed by atoms with Crippen LogP contribution >= 0.6 is 0 Å². The van der Waals surface area contributed by atoms with E-state index in [1.807, 2.05) is 66.7 Å². The molecule has 0 unspecified atom stereocenters. The lowest BCUT2D eigenvalue weighted by molar-refractivity contribution is 0.0686. The SMILES string of the molecule is CC(C)c1ccc(S(=O)(=O)Nc2ccccc2CCc2cccc(C(=O)O)c2)cc1.CCCc1ccc(S(=O)(=O)Nc2ccccc2CCc2cccc(C(=O)O)c2)cc1.O=C(O)c1cccc(CCc2ccccc2NS(=O)(=O)c2ccccc2F)c1. The molecule has 456 valence electrons. The first-order chi connectivity index (χ1) is 42.0. The number of para-hydroxylation sites is 3. The summed E-state index contributed by atoms with van der Waals surface area (Å²) >= 11 is 0. The number of carboxylic acids is 3. The van der Waals surface area contributed by atoms with Gasteiger partial charge in [0, 0.05) is 0 Å². The highest BCUT2D eigenvalue weighted by Crippen LogP contribution is 2.27. The molecule has 0 fully saturated rings. The van der Waals surface area contributed by atoms with Crippen molar-refractivity contribution in [3.05, 3.63) is 285 Å². The quantitative estimate of drug-likeness (QED) is 0.0331. The summed E-state index contributed by atoms with van der Waals surface area (Å²) in [5, 5.41) is 27.4. The Morgan fingerprint density at radius 3 is 1.08 bits per heavy atom. The van der Waals surface area contributed by atoms with Gasteiger partial charge >= 0.3 is 17.9 Å². The second kappa shape index (κ2) is 30.8. The van der Waals surface area contributed by atoms with Gasteiger partial charge in [-0.05, 0) is 186 Å². The topological polar surface area (TPSA) is 250 Å². The number of hydrogen-bond donors (Lipinski definition) is 6. The molecule has 0 aliphatic heterocycles. The number of hydrogen-bond acceptors (Lipinski definition) is 9. The van der Waals surface area contributed by atoms with Gasteiger partial charge in [-0.1, -0.05) is 155 Å². The molecule has 6 N–H and O–H groups in total. The molecular weight excluding hydrogens is 1180 g/mol. The Morgan fingerprint density at radius 1 is 0.386 bits per heavy atom. The van der Waals surface area contributed by atoms with Gasteiger partial charge < -0.3 is 15.3 Å². The van der Waals surface area contributed by atoms with Gasteiger partial charge in [-0.15, -0.1) is 0 Å². The van der Waals surface area contributed by atoms with Crippen LogP contribution in [0.3, 0.4) is 0 Å². The van der Waals surface area contributed by atoms with E-state index in [2.05, 4.69) is 34.9 Å². The molecule has 0 saturated carbocycles. The van der Waals surface area contributed by atoms with Crippen LogP contribution in [0.25, 0.3) is 0 Å². The fourth-order valence-corrected chi connectivity index (χ4v) is 12.7. The summed E-state index contributed by atoms with van der Waals surface area (Å²) in [6.45, 7) is 6.20. The Morgan fingerprint density at radius 2 is 0.727 bits per heavy atom. The Balaban J connectivity index is 0.000000188. The highest BCUT2D eigenvalue weighted by molar-refractivity contribution is 7.93. The third kappa shape index (κ3) is 19.0. The number of nitrogens with one attached hydrogen (secondary N) is 3. The molecule has 0 aromatic heterocycles. The molecule has 0 saturated heterocycles. The molecular formula is C69H68FN3O12S3. The summed E-state index contributed by atoms with van der Waals surface area (Å²) in [7, 11) is -11.5. The number of carboxylic acid groups (broad SMARTS) is 3. The minimum atomic E-state index is -4.07. The van der Waals surface area contributed by atoms with Gasteiger partial charge in [0.05, 0.1) is 43.5 Å². The minimum absolute atomic E-state index is 0.200. The summed E-state index contributed by atoms with van der Waals surface area (Å²) in [6.07, 6.45) is 5.30. The first kappa shape index (κ1) is 66.1. The monoisotopic (exact) mass is 1250 g/mol. The molecule has 0 atom stereocenters. The highest BCUT2D eigenvalue weighted by Gasteiger charge is 2.21. The van der Waals surface area contributed by atoms with Crippen molar-refractivity contribution in [2.45, 2.75) is 92.7 Å². The zero-order valence-electron chi connectivity index (χ0n) is 48.6. The predicted octanol–water partition coefficient (Wildman–Crippen LogP) is 14.1. The summed E-state index contributed by atoms with van der Waals surface area (Å²) in [6, 6.07) is 60.6. The lowest BCUT2D eigenvalue weighted by Gasteiger charge is -2.14. The van der Waals surface area contributed by atoms with Crippen LogP contribution in [0, 0.1) is 5.82 Å². The van der Waals surface area contributed by atoms with E-state index in [1.54, 1.807) is 121 Å². The Bertz CT molecular complexity index is 4240.